The second-order valence-electron chi connectivity index (χ2n) is 7.51. The van der Waals surface area contributed by atoms with E-state index in [0.717, 1.165) is 12.8 Å². The van der Waals surface area contributed by atoms with Gasteiger partial charge in [-0.1, -0.05) is 32.0 Å². The smallest absolute Gasteiger partial charge is 0.254 e. The van der Waals surface area contributed by atoms with Gasteiger partial charge in [-0.05, 0) is 49.1 Å². The first-order valence-electron chi connectivity index (χ1n) is 9.62. The molecular formula is C22H24FN3O3. The molecule has 2 aromatic carbocycles. The van der Waals surface area contributed by atoms with Gasteiger partial charge in [-0.3, -0.25) is 14.4 Å². The predicted molar refractivity (Wildman–Crippen MR) is 109 cm³/mol. The van der Waals surface area contributed by atoms with Crippen molar-refractivity contribution in [2.45, 2.75) is 32.7 Å². The minimum absolute atomic E-state index is 0.0225. The highest BCUT2D eigenvalue weighted by Gasteiger charge is 2.29. The summed E-state index contributed by atoms with van der Waals surface area (Å²) in [6.07, 6.45) is 1.81. The van der Waals surface area contributed by atoms with Crippen LogP contribution in [-0.2, 0) is 9.59 Å². The molecule has 3 rings (SSSR count). The van der Waals surface area contributed by atoms with Gasteiger partial charge in [0.2, 0.25) is 11.8 Å². The monoisotopic (exact) mass is 397 g/mol. The molecule has 152 valence electrons. The molecule has 7 heteroatoms. The molecule has 3 amide bonds. The summed E-state index contributed by atoms with van der Waals surface area (Å²) >= 11 is 0. The van der Waals surface area contributed by atoms with Crippen LogP contribution in [0.15, 0.2) is 48.5 Å². The van der Waals surface area contributed by atoms with E-state index in [4.69, 9.17) is 0 Å². The summed E-state index contributed by atoms with van der Waals surface area (Å²) in [5.41, 5.74) is 0.973. The van der Waals surface area contributed by atoms with Crippen LogP contribution in [0.2, 0.25) is 0 Å². The fourth-order valence-electron chi connectivity index (χ4n) is 2.88. The molecule has 1 aliphatic rings. The SMILES string of the molecule is CC(C)C(NC(=O)c1ccccc1F)C(=O)Nc1cccc(NC(=O)C2CC2)c1. The van der Waals surface area contributed by atoms with E-state index < -0.39 is 23.7 Å². The minimum Gasteiger partial charge on any atom is -0.340 e. The van der Waals surface area contributed by atoms with Crippen molar-refractivity contribution in [1.82, 2.24) is 5.32 Å². The topological polar surface area (TPSA) is 87.3 Å². The Kier molecular flexibility index (Phi) is 6.26. The first-order valence-corrected chi connectivity index (χ1v) is 9.62. The average molecular weight is 397 g/mol. The Morgan fingerprint density at radius 1 is 0.966 bits per heavy atom. The summed E-state index contributed by atoms with van der Waals surface area (Å²) in [5, 5.41) is 8.19. The third-order valence-electron chi connectivity index (χ3n) is 4.70. The van der Waals surface area contributed by atoms with Gasteiger partial charge in [0.25, 0.3) is 5.91 Å². The maximum absolute atomic E-state index is 13.9. The molecule has 0 radical (unpaired) electrons. The molecule has 0 aromatic heterocycles. The minimum atomic E-state index is -0.855. The first-order chi connectivity index (χ1) is 13.8. The molecule has 3 N–H and O–H groups in total. The number of halogens is 1. The maximum atomic E-state index is 13.9. The normalized spacial score (nSPS) is 14.2. The third-order valence-corrected chi connectivity index (χ3v) is 4.70. The molecule has 1 unspecified atom stereocenters. The van der Waals surface area contributed by atoms with Crippen LogP contribution in [0.3, 0.4) is 0 Å². The molecule has 2 aromatic rings. The highest BCUT2D eigenvalue weighted by molar-refractivity contribution is 6.02. The fraction of sp³-hybridized carbons (Fsp3) is 0.318. The number of carbonyl (C=O) groups is 3. The number of amides is 3. The summed E-state index contributed by atoms with van der Waals surface area (Å²) in [6.45, 7) is 3.58. The van der Waals surface area contributed by atoms with E-state index in [-0.39, 0.29) is 23.3 Å². The van der Waals surface area contributed by atoms with E-state index in [1.807, 2.05) is 0 Å². The summed E-state index contributed by atoms with van der Waals surface area (Å²) in [4.78, 5) is 37.1. The molecule has 0 heterocycles. The lowest BCUT2D eigenvalue weighted by Gasteiger charge is -2.22. The van der Waals surface area contributed by atoms with Crippen molar-refractivity contribution in [3.8, 4) is 0 Å². The second-order valence-corrected chi connectivity index (χ2v) is 7.51. The first kappa shape index (κ1) is 20.5. The molecule has 29 heavy (non-hydrogen) atoms. The number of carbonyl (C=O) groups excluding carboxylic acids is 3. The molecule has 0 saturated heterocycles. The molecule has 1 atom stereocenters. The Labute approximate surface area is 168 Å². The Morgan fingerprint density at radius 2 is 1.62 bits per heavy atom. The predicted octanol–water partition coefficient (Wildman–Crippen LogP) is 3.57. The van der Waals surface area contributed by atoms with Crippen molar-refractivity contribution in [2.24, 2.45) is 11.8 Å². The summed E-state index contributed by atoms with van der Waals surface area (Å²) < 4.78 is 13.9. The molecule has 1 aliphatic carbocycles. The Balaban J connectivity index is 1.67. The van der Waals surface area contributed by atoms with Gasteiger partial charge in [-0.2, -0.15) is 0 Å². The Hall–Kier alpha value is -3.22. The lowest BCUT2D eigenvalue weighted by Crippen LogP contribution is -2.47. The largest absolute Gasteiger partial charge is 0.340 e. The maximum Gasteiger partial charge on any atom is 0.254 e. The molecule has 0 spiro atoms. The van der Waals surface area contributed by atoms with Crippen molar-refractivity contribution in [1.29, 1.82) is 0 Å². The van der Waals surface area contributed by atoms with Gasteiger partial charge in [-0.15, -0.1) is 0 Å². The van der Waals surface area contributed by atoms with Crippen LogP contribution in [0.5, 0.6) is 0 Å². The average Bonchev–Trinajstić information content (AvgIpc) is 3.51. The summed E-state index contributed by atoms with van der Waals surface area (Å²) in [5.74, 6) is -1.88. The third kappa shape index (κ3) is 5.40. The van der Waals surface area contributed by atoms with Crippen LogP contribution in [0, 0.1) is 17.7 Å². The van der Waals surface area contributed by atoms with Gasteiger partial charge in [0.05, 0.1) is 5.56 Å². The molecule has 6 nitrogen and oxygen atoms in total. The van der Waals surface area contributed by atoms with Gasteiger partial charge in [-0.25, -0.2) is 4.39 Å². The summed E-state index contributed by atoms with van der Waals surface area (Å²) in [7, 11) is 0. The van der Waals surface area contributed by atoms with Crippen molar-refractivity contribution in [3.63, 3.8) is 0 Å². The van der Waals surface area contributed by atoms with E-state index in [1.54, 1.807) is 44.2 Å². The quantitative estimate of drug-likeness (QED) is 0.668. The number of rotatable bonds is 7. The summed E-state index contributed by atoms with van der Waals surface area (Å²) in [6, 6.07) is 11.6. The van der Waals surface area contributed by atoms with Crippen molar-refractivity contribution in [2.75, 3.05) is 10.6 Å². The standard InChI is InChI=1S/C22H24FN3O3/c1-13(2)19(26-21(28)17-8-3-4-9-18(17)23)22(29)25-16-7-5-6-15(12-16)24-20(27)14-10-11-14/h3-9,12-14,19H,10-11H2,1-2H3,(H,24,27)(H,25,29)(H,26,28). The number of hydrogen-bond donors (Lipinski definition) is 3. The number of anilines is 2. The van der Waals surface area contributed by atoms with E-state index in [2.05, 4.69) is 16.0 Å². The highest BCUT2D eigenvalue weighted by Crippen LogP contribution is 2.30. The van der Waals surface area contributed by atoms with Crippen LogP contribution in [0.4, 0.5) is 15.8 Å². The zero-order valence-corrected chi connectivity index (χ0v) is 16.4. The van der Waals surface area contributed by atoms with E-state index in [1.165, 1.54) is 18.2 Å². The lowest BCUT2D eigenvalue weighted by molar-refractivity contribution is -0.119. The van der Waals surface area contributed by atoms with Gasteiger partial charge in [0, 0.05) is 17.3 Å². The van der Waals surface area contributed by atoms with Crippen LogP contribution in [0.25, 0.3) is 0 Å². The molecule has 0 bridgehead atoms. The van der Waals surface area contributed by atoms with Crippen LogP contribution in [0.1, 0.15) is 37.0 Å². The van der Waals surface area contributed by atoms with Gasteiger partial charge < -0.3 is 16.0 Å². The van der Waals surface area contributed by atoms with E-state index in [9.17, 15) is 18.8 Å². The van der Waals surface area contributed by atoms with Gasteiger partial charge in [0.15, 0.2) is 0 Å². The van der Waals surface area contributed by atoms with Crippen molar-refractivity contribution < 1.29 is 18.8 Å². The number of nitrogens with one attached hydrogen (secondary N) is 3. The van der Waals surface area contributed by atoms with E-state index >= 15 is 0 Å². The molecular weight excluding hydrogens is 373 g/mol. The van der Waals surface area contributed by atoms with Gasteiger partial charge in [0.1, 0.15) is 11.9 Å². The second kappa shape index (κ2) is 8.86. The van der Waals surface area contributed by atoms with Crippen molar-refractivity contribution >= 4 is 29.1 Å². The fourth-order valence-corrected chi connectivity index (χ4v) is 2.88. The molecule has 1 saturated carbocycles. The van der Waals surface area contributed by atoms with E-state index in [0.29, 0.717) is 11.4 Å². The van der Waals surface area contributed by atoms with Crippen LogP contribution >= 0.6 is 0 Å². The van der Waals surface area contributed by atoms with Crippen molar-refractivity contribution in [3.05, 3.63) is 59.9 Å². The highest BCUT2D eigenvalue weighted by atomic mass is 19.1. The number of hydrogen-bond acceptors (Lipinski definition) is 3. The Morgan fingerprint density at radius 3 is 2.24 bits per heavy atom. The zero-order valence-electron chi connectivity index (χ0n) is 16.4. The molecule has 1 fully saturated rings. The Bertz CT molecular complexity index is 925. The number of benzene rings is 2. The van der Waals surface area contributed by atoms with Crippen LogP contribution < -0.4 is 16.0 Å². The van der Waals surface area contributed by atoms with Crippen LogP contribution in [-0.4, -0.2) is 23.8 Å². The zero-order chi connectivity index (χ0) is 21.0. The van der Waals surface area contributed by atoms with Gasteiger partial charge >= 0.3 is 0 Å². The molecule has 0 aliphatic heterocycles. The lowest BCUT2D eigenvalue weighted by atomic mass is 10.0.